The van der Waals surface area contributed by atoms with E-state index in [0.717, 1.165) is 18.2 Å². The van der Waals surface area contributed by atoms with E-state index in [1.807, 2.05) is 0 Å². The number of ether oxygens (including phenoxy) is 1. The van der Waals surface area contributed by atoms with Crippen molar-refractivity contribution >= 4 is 0 Å². The summed E-state index contributed by atoms with van der Waals surface area (Å²) < 4.78 is 5.20. The highest BCUT2D eigenvalue weighted by molar-refractivity contribution is 5.29. The molecule has 1 aromatic rings. The van der Waals surface area contributed by atoms with Crippen LogP contribution in [-0.4, -0.2) is 13.7 Å². The van der Waals surface area contributed by atoms with Gasteiger partial charge in [-0.25, -0.2) is 0 Å². The monoisotopic (exact) mass is 233 g/mol. The van der Waals surface area contributed by atoms with Gasteiger partial charge < -0.3 is 10.1 Å². The predicted molar refractivity (Wildman–Crippen MR) is 71.4 cm³/mol. The number of hydrogen-bond acceptors (Lipinski definition) is 2. The van der Waals surface area contributed by atoms with Gasteiger partial charge in [-0.1, -0.05) is 38.3 Å². The summed E-state index contributed by atoms with van der Waals surface area (Å²) in [7, 11) is 1.71. The average molecular weight is 233 g/mol. The lowest BCUT2D eigenvalue weighted by Gasteiger charge is -2.30. The molecule has 2 heteroatoms. The first-order valence-corrected chi connectivity index (χ1v) is 6.70. The SMILES string of the molecule is CCNC(CC1CCC1)c1ccc(OC)cc1. The summed E-state index contributed by atoms with van der Waals surface area (Å²) in [5, 5.41) is 3.59. The summed E-state index contributed by atoms with van der Waals surface area (Å²) >= 11 is 0. The standard InChI is InChI=1S/C15H23NO/c1-3-16-15(11-12-5-4-6-12)13-7-9-14(17-2)10-8-13/h7-10,12,15-16H,3-6,11H2,1-2H3. The van der Waals surface area contributed by atoms with Crippen molar-refractivity contribution in [3.8, 4) is 5.75 Å². The number of rotatable bonds is 6. The molecular weight excluding hydrogens is 210 g/mol. The summed E-state index contributed by atoms with van der Waals surface area (Å²) in [5.41, 5.74) is 1.39. The van der Waals surface area contributed by atoms with E-state index in [4.69, 9.17) is 4.74 Å². The van der Waals surface area contributed by atoms with E-state index in [1.54, 1.807) is 7.11 Å². The van der Waals surface area contributed by atoms with Gasteiger partial charge in [-0.2, -0.15) is 0 Å². The molecule has 0 saturated heterocycles. The van der Waals surface area contributed by atoms with Gasteiger partial charge in [0.25, 0.3) is 0 Å². The second-order valence-corrected chi connectivity index (χ2v) is 4.92. The summed E-state index contributed by atoms with van der Waals surface area (Å²) in [6.07, 6.45) is 5.53. The zero-order chi connectivity index (χ0) is 12.1. The van der Waals surface area contributed by atoms with Gasteiger partial charge in [0.05, 0.1) is 7.11 Å². The molecule has 0 spiro atoms. The van der Waals surface area contributed by atoms with Crippen LogP contribution in [0.25, 0.3) is 0 Å². The van der Waals surface area contributed by atoms with Crippen LogP contribution >= 0.6 is 0 Å². The molecule has 2 rings (SSSR count). The lowest BCUT2D eigenvalue weighted by Crippen LogP contribution is -2.25. The van der Waals surface area contributed by atoms with Crippen molar-refractivity contribution in [1.82, 2.24) is 5.32 Å². The molecule has 1 N–H and O–H groups in total. The maximum atomic E-state index is 5.20. The van der Waals surface area contributed by atoms with E-state index in [9.17, 15) is 0 Å². The molecule has 2 nitrogen and oxygen atoms in total. The highest BCUT2D eigenvalue weighted by atomic mass is 16.5. The largest absolute Gasteiger partial charge is 0.497 e. The van der Waals surface area contributed by atoms with E-state index in [-0.39, 0.29) is 0 Å². The smallest absolute Gasteiger partial charge is 0.118 e. The molecule has 0 amide bonds. The highest BCUT2D eigenvalue weighted by Gasteiger charge is 2.22. The van der Waals surface area contributed by atoms with Crippen molar-refractivity contribution in [3.05, 3.63) is 29.8 Å². The van der Waals surface area contributed by atoms with Gasteiger partial charge in [0.2, 0.25) is 0 Å². The van der Waals surface area contributed by atoms with Gasteiger partial charge in [-0.3, -0.25) is 0 Å². The first-order valence-electron chi connectivity index (χ1n) is 6.70. The molecule has 1 saturated carbocycles. The van der Waals surface area contributed by atoms with Gasteiger partial charge in [0.15, 0.2) is 0 Å². The first kappa shape index (κ1) is 12.4. The number of hydrogen-bond donors (Lipinski definition) is 1. The lowest BCUT2D eigenvalue weighted by molar-refractivity contribution is 0.262. The number of nitrogens with one attached hydrogen (secondary N) is 1. The molecule has 1 aromatic carbocycles. The molecule has 1 unspecified atom stereocenters. The van der Waals surface area contributed by atoms with Crippen LogP contribution in [0.5, 0.6) is 5.75 Å². The maximum Gasteiger partial charge on any atom is 0.118 e. The maximum absolute atomic E-state index is 5.20. The summed E-state index contributed by atoms with van der Waals surface area (Å²) in [6.45, 7) is 3.21. The Balaban J connectivity index is 2.01. The van der Waals surface area contributed by atoms with Crippen LogP contribution in [0.2, 0.25) is 0 Å². The quantitative estimate of drug-likeness (QED) is 0.811. The van der Waals surface area contributed by atoms with Gasteiger partial charge >= 0.3 is 0 Å². The Kier molecular flexibility index (Phi) is 4.43. The molecule has 0 bridgehead atoms. The molecule has 0 radical (unpaired) electrons. The van der Waals surface area contributed by atoms with Gasteiger partial charge in [0.1, 0.15) is 5.75 Å². The van der Waals surface area contributed by atoms with E-state index in [0.29, 0.717) is 6.04 Å². The van der Waals surface area contributed by atoms with Gasteiger partial charge in [-0.05, 0) is 36.6 Å². The van der Waals surface area contributed by atoms with Crippen molar-refractivity contribution in [2.24, 2.45) is 5.92 Å². The highest BCUT2D eigenvalue weighted by Crippen LogP contribution is 2.35. The second kappa shape index (κ2) is 6.06. The average Bonchev–Trinajstić information content (AvgIpc) is 2.32. The Morgan fingerprint density at radius 3 is 2.47 bits per heavy atom. The van der Waals surface area contributed by atoms with Crippen LogP contribution in [0.15, 0.2) is 24.3 Å². The minimum Gasteiger partial charge on any atom is -0.497 e. The summed E-state index contributed by atoms with van der Waals surface area (Å²) in [4.78, 5) is 0. The molecule has 17 heavy (non-hydrogen) atoms. The molecule has 0 aliphatic heterocycles. The number of methoxy groups -OCH3 is 1. The third kappa shape index (κ3) is 3.22. The molecular formula is C15H23NO. The Morgan fingerprint density at radius 1 is 1.29 bits per heavy atom. The minimum atomic E-state index is 0.510. The van der Waals surface area contributed by atoms with Crippen LogP contribution in [0, 0.1) is 5.92 Å². The van der Waals surface area contributed by atoms with Crippen molar-refractivity contribution < 1.29 is 4.74 Å². The minimum absolute atomic E-state index is 0.510. The fourth-order valence-corrected chi connectivity index (χ4v) is 2.48. The van der Waals surface area contributed by atoms with Crippen LogP contribution < -0.4 is 10.1 Å². The zero-order valence-electron chi connectivity index (χ0n) is 10.9. The Labute approximate surface area is 104 Å². The van der Waals surface area contributed by atoms with Crippen LogP contribution in [0.4, 0.5) is 0 Å². The predicted octanol–water partition coefficient (Wildman–Crippen LogP) is 3.54. The van der Waals surface area contributed by atoms with Crippen LogP contribution in [-0.2, 0) is 0 Å². The molecule has 0 aromatic heterocycles. The summed E-state index contributed by atoms with van der Waals surface area (Å²) in [5.74, 6) is 1.87. The van der Waals surface area contributed by atoms with E-state index in [1.165, 1.54) is 31.2 Å². The van der Waals surface area contributed by atoms with E-state index in [2.05, 4.69) is 36.5 Å². The van der Waals surface area contributed by atoms with E-state index >= 15 is 0 Å². The van der Waals surface area contributed by atoms with Crippen molar-refractivity contribution in [2.45, 2.75) is 38.6 Å². The van der Waals surface area contributed by atoms with Crippen molar-refractivity contribution in [3.63, 3.8) is 0 Å². The fraction of sp³-hybridized carbons (Fsp3) is 0.600. The van der Waals surface area contributed by atoms with Crippen molar-refractivity contribution in [2.75, 3.05) is 13.7 Å². The molecule has 1 fully saturated rings. The van der Waals surface area contributed by atoms with Crippen molar-refractivity contribution in [1.29, 1.82) is 0 Å². The third-order valence-corrected chi connectivity index (χ3v) is 3.76. The topological polar surface area (TPSA) is 21.3 Å². The second-order valence-electron chi connectivity index (χ2n) is 4.92. The van der Waals surface area contributed by atoms with Gasteiger partial charge in [-0.15, -0.1) is 0 Å². The Bertz CT molecular complexity index is 329. The Morgan fingerprint density at radius 2 is 2.00 bits per heavy atom. The zero-order valence-corrected chi connectivity index (χ0v) is 10.9. The van der Waals surface area contributed by atoms with Crippen LogP contribution in [0.1, 0.15) is 44.2 Å². The summed E-state index contributed by atoms with van der Waals surface area (Å²) in [6, 6.07) is 8.99. The molecule has 1 atom stereocenters. The molecule has 1 aliphatic carbocycles. The molecule has 94 valence electrons. The molecule has 1 aliphatic rings. The van der Waals surface area contributed by atoms with Gasteiger partial charge in [0, 0.05) is 6.04 Å². The Hall–Kier alpha value is -1.02. The number of benzene rings is 1. The first-order chi connectivity index (χ1) is 8.33. The molecule has 0 heterocycles. The van der Waals surface area contributed by atoms with E-state index < -0.39 is 0 Å². The lowest BCUT2D eigenvalue weighted by atomic mass is 9.79. The van der Waals surface area contributed by atoms with Crippen LogP contribution in [0.3, 0.4) is 0 Å². The third-order valence-electron chi connectivity index (χ3n) is 3.76. The normalized spacial score (nSPS) is 17.5. The fourth-order valence-electron chi connectivity index (χ4n) is 2.48.